The quantitative estimate of drug-likeness (QED) is 0.155. The first-order valence-corrected chi connectivity index (χ1v) is 19.0. The number of hydrogen-bond donors (Lipinski definition) is 2. The van der Waals surface area contributed by atoms with Gasteiger partial charge in [0.15, 0.2) is 23.0 Å². The van der Waals surface area contributed by atoms with Crippen molar-refractivity contribution >= 4 is 21.8 Å². The first-order valence-electron chi connectivity index (χ1n) is 19.0. The summed E-state index contributed by atoms with van der Waals surface area (Å²) in [6.07, 6.45) is 1.89. The van der Waals surface area contributed by atoms with Crippen molar-refractivity contribution < 1.29 is 18.9 Å². The highest BCUT2D eigenvalue weighted by molar-refractivity contribution is 5.81. The van der Waals surface area contributed by atoms with Crippen molar-refractivity contribution in [3.8, 4) is 35.1 Å². The lowest BCUT2D eigenvalue weighted by Gasteiger charge is -2.31. The van der Waals surface area contributed by atoms with Crippen LogP contribution >= 0.6 is 0 Å². The minimum atomic E-state index is -0.769. The van der Waals surface area contributed by atoms with E-state index < -0.39 is 10.8 Å². The molecule has 0 aliphatic carbocycles. The summed E-state index contributed by atoms with van der Waals surface area (Å²) in [6.45, 7) is 8.52. The molecule has 4 atom stereocenters. The fraction of sp³-hybridized carbons (Fsp3) is 0.333. The summed E-state index contributed by atoms with van der Waals surface area (Å²) in [5.41, 5.74) is 3.01. The molecule has 0 radical (unpaired) electrons. The number of rotatable bonds is 8. The van der Waals surface area contributed by atoms with E-state index in [0.29, 0.717) is 50.4 Å². The normalized spacial score (nSPS) is 17.1. The number of H-pyrrole nitrogens is 2. The predicted molar refractivity (Wildman–Crippen MR) is 229 cm³/mol. The molecule has 6 aromatic rings. The lowest BCUT2D eigenvalue weighted by Crippen LogP contribution is -2.36. The molecule has 10 heteroatoms. The first-order chi connectivity index (χ1) is 27.0. The Hall–Kier alpha value is -6.52. The second kappa shape index (κ2) is 17.7. The summed E-state index contributed by atoms with van der Waals surface area (Å²) >= 11 is 0. The number of fused-ring (bicyclic) bond motifs is 4. The summed E-state index contributed by atoms with van der Waals surface area (Å²) in [5, 5.41) is 21.8. The predicted octanol–water partition coefficient (Wildman–Crippen LogP) is 9.48. The van der Waals surface area contributed by atoms with Gasteiger partial charge in [0.25, 0.3) is 11.1 Å². The molecule has 4 heterocycles. The third-order valence-corrected chi connectivity index (χ3v) is 10.8. The summed E-state index contributed by atoms with van der Waals surface area (Å²) in [6, 6.07) is 35.5. The van der Waals surface area contributed by atoms with Gasteiger partial charge in [-0.2, -0.15) is 10.5 Å². The Labute approximate surface area is 340 Å². The van der Waals surface area contributed by atoms with Crippen LogP contribution in [-0.4, -0.2) is 35.4 Å². The highest BCUT2D eigenvalue weighted by Gasteiger charge is 2.35. The molecular weight excluding hydrogens is 729 g/mol. The van der Waals surface area contributed by atoms with Gasteiger partial charge >= 0.3 is 0 Å². The average molecular weight is 781 g/mol. The number of nitrogens with one attached hydrogen (secondary N) is 2. The fourth-order valence-electron chi connectivity index (χ4n) is 7.40. The van der Waals surface area contributed by atoms with E-state index >= 15 is 0 Å². The maximum Gasteiger partial charge on any atom is 0.251 e. The van der Waals surface area contributed by atoms with Crippen LogP contribution in [0, 0.1) is 22.7 Å². The Morgan fingerprint density at radius 3 is 1.34 bits per heavy atom. The van der Waals surface area contributed by atoms with Crippen LogP contribution < -0.4 is 30.1 Å². The van der Waals surface area contributed by atoms with E-state index in [2.05, 4.69) is 22.1 Å². The number of para-hydroxylation sites is 4. The largest absolute Gasteiger partial charge is 0.486 e. The van der Waals surface area contributed by atoms with Crippen molar-refractivity contribution in [3.63, 3.8) is 0 Å². The minimum Gasteiger partial charge on any atom is -0.486 e. The van der Waals surface area contributed by atoms with Gasteiger partial charge in [-0.25, -0.2) is 0 Å². The van der Waals surface area contributed by atoms with Gasteiger partial charge in [-0.3, -0.25) is 9.59 Å². The highest BCUT2D eigenvalue weighted by Crippen LogP contribution is 2.38. The molecule has 4 aromatic carbocycles. The van der Waals surface area contributed by atoms with Crippen LogP contribution in [0.5, 0.6) is 23.0 Å². The third-order valence-electron chi connectivity index (χ3n) is 10.8. The Bertz CT molecular complexity index is 2440. The summed E-state index contributed by atoms with van der Waals surface area (Å²) in [5.74, 6) is 2.86. The zero-order valence-corrected chi connectivity index (χ0v) is 32.0. The average Bonchev–Trinajstić information content (AvgIpc) is 3.22. The van der Waals surface area contributed by atoms with E-state index in [-0.39, 0.29) is 38.2 Å². The van der Waals surface area contributed by atoms with Crippen LogP contribution in [0.15, 0.2) is 107 Å². The van der Waals surface area contributed by atoms with E-state index in [1.807, 2.05) is 125 Å². The highest BCUT2D eigenvalue weighted by atomic mass is 16.6. The van der Waals surface area contributed by atoms with Gasteiger partial charge in [0.05, 0.1) is 23.0 Å². The Morgan fingerprint density at radius 1 is 0.603 bits per heavy atom. The molecule has 2 aromatic heterocycles. The van der Waals surface area contributed by atoms with Crippen LogP contribution in [0.4, 0.5) is 0 Å². The Morgan fingerprint density at radius 2 is 0.983 bits per heavy atom. The number of aromatic amines is 2. The third kappa shape index (κ3) is 8.72. The van der Waals surface area contributed by atoms with Gasteiger partial charge in [0.1, 0.15) is 25.4 Å². The second-order valence-corrected chi connectivity index (χ2v) is 14.8. The molecule has 10 nitrogen and oxygen atoms in total. The lowest BCUT2D eigenvalue weighted by atomic mass is 9.78. The summed E-state index contributed by atoms with van der Waals surface area (Å²) < 4.78 is 23.7. The number of pyridine rings is 2. The number of nitrogens with zero attached hydrogens (tertiary/aromatic N) is 2. The molecule has 0 bridgehead atoms. The first kappa shape index (κ1) is 42.6. The van der Waals surface area contributed by atoms with Gasteiger partial charge in [0, 0.05) is 35.0 Å². The standard InChI is InChI=1S/2C23H22N2O3.2CH4/c2*1-3-15-10-16-8-9-17(11-19(16)25-22(15)26)23(2,14-24)12-18-13-27-20-6-4-5-7-21(20)28-18;;/h2*4-11,18H,3,12-13H2,1-2H3,(H,25,26);2*1H4. The fourth-order valence-corrected chi connectivity index (χ4v) is 7.40. The molecule has 300 valence electrons. The maximum absolute atomic E-state index is 12.2. The van der Waals surface area contributed by atoms with Crippen molar-refractivity contribution in [2.75, 3.05) is 13.2 Å². The van der Waals surface area contributed by atoms with Gasteiger partial charge in [-0.15, -0.1) is 0 Å². The number of benzene rings is 4. The van der Waals surface area contributed by atoms with Crippen molar-refractivity contribution in [2.24, 2.45) is 0 Å². The molecule has 0 amide bonds. The number of aryl methyl sites for hydroxylation is 2. The molecule has 8 rings (SSSR count). The van der Waals surface area contributed by atoms with Gasteiger partial charge in [0.2, 0.25) is 0 Å². The summed E-state index contributed by atoms with van der Waals surface area (Å²) in [7, 11) is 0. The zero-order valence-electron chi connectivity index (χ0n) is 32.0. The molecule has 58 heavy (non-hydrogen) atoms. The number of aromatic nitrogens is 2. The Kier molecular flexibility index (Phi) is 13.0. The van der Waals surface area contributed by atoms with Crippen molar-refractivity contribution in [1.82, 2.24) is 9.97 Å². The SMILES string of the molecule is C.C.CCc1cc2ccc(C(C)(C#N)CC3COc4ccccc4O3)cc2[nH]c1=O.CCc1cc2ccc(C(C)(C#N)CC3COc4ccccc4O3)cc2[nH]c1=O. The smallest absolute Gasteiger partial charge is 0.251 e. The van der Waals surface area contributed by atoms with E-state index in [0.717, 1.165) is 55.6 Å². The molecule has 0 spiro atoms. The van der Waals surface area contributed by atoms with Crippen LogP contribution in [0.2, 0.25) is 0 Å². The second-order valence-electron chi connectivity index (χ2n) is 14.8. The van der Waals surface area contributed by atoms with E-state index in [9.17, 15) is 20.1 Å². The molecule has 2 aliphatic heterocycles. The minimum absolute atomic E-state index is 0. The molecule has 0 saturated carbocycles. The number of hydrogen-bond acceptors (Lipinski definition) is 8. The lowest BCUT2D eigenvalue weighted by molar-refractivity contribution is 0.0744. The van der Waals surface area contributed by atoms with Crippen molar-refractivity contribution in [2.45, 2.75) is 91.3 Å². The van der Waals surface area contributed by atoms with E-state index in [1.165, 1.54) is 0 Å². The van der Waals surface area contributed by atoms with Crippen LogP contribution in [0.1, 0.15) is 77.6 Å². The van der Waals surface area contributed by atoms with Crippen LogP contribution in [-0.2, 0) is 23.7 Å². The van der Waals surface area contributed by atoms with Gasteiger partial charge < -0.3 is 28.9 Å². The topological polar surface area (TPSA) is 150 Å². The van der Waals surface area contributed by atoms with Crippen molar-refractivity contribution in [3.05, 3.63) is 140 Å². The monoisotopic (exact) mass is 780 g/mol. The van der Waals surface area contributed by atoms with E-state index in [1.54, 1.807) is 0 Å². The Balaban J connectivity index is 0.000000214. The molecule has 0 fully saturated rings. The molecule has 4 unspecified atom stereocenters. The van der Waals surface area contributed by atoms with Gasteiger partial charge in [-0.05, 0) is 97.1 Å². The zero-order chi connectivity index (χ0) is 39.5. The molecule has 2 N–H and O–H groups in total. The molecule has 2 aliphatic rings. The molecule has 0 saturated heterocycles. The van der Waals surface area contributed by atoms with Gasteiger partial charge in [-0.1, -0.05) is 77.2 Å². The van der Waals surface area contributed by atoms with Crippen molar-refractivity contribution in [1.29, 1.82) is 10.5 Å². The number of nitriles is 2. The maximum atomic E-state index is 12.2. The van der Waals surface area contributed by atoms with Crippen LogP contribution in [0.25, 0.3) is 21.8 Å². The van der Waals surface area contributed by atoms with Crippen LogP contribution in [0.3, 0.4) is 0 Å². The van der Waals surface area contributed by atoms with E-state index in [4.69, 9.17) is 18.9 Å². The number of ether oxygens (including phenoxy) is 4. The summed E-state index contributed by atoms with van der Waals surface area (Å²) in [4.78, 5) is 30.2. The molecular formula is C48H52N4O6.